The maximum Gasteiger partial charge on any atom is 0.251 e. The average molecular weight is 273 g/mol. The molecule has 3 nitrogen and oxygen atoms in total. The molecule has 1 unspecified atom stereocenters. The standard InChI is InChI=1S/C16H16FNO2/c1-11-7-8-13(17)9-14(11)16(20)18-10-15(19)12-5-3-2-4-6-12/h2-9,15,19H,10H2,1H3,(H,18,20). The number of rotatable bonds is 4. The number of aryl methyl sites for hydroxylation is 1. The monoisotopic (exact) mass is 273 g/mol. The summed E-state index contributed by atoms with van der Waals surface area (Å²) in [6.45, 7) is 1.82. The number of amides is 1. The summed E-state index contributed by atoms with van der Waals surface area (Å²) >= 11 is 0. The van der Waals surface area contributed by atoms with E-state index in [0.717, 1.165) is 5.56 Å². The normalized spacial score (nSPS) is 11.9. The van der Waals surface area contributed by atoms with Gasteiger partial charge in [0.2, 0.25) is 0 Å². The van der Waals surface area contributed by atoms with Crippen LogP contribution in [-0.4, -0.2) is 17.6 Å². The highest BCUT2D eigenvalue weighted by Gasteiger charge is 2.13. The maximum absolute atomic E-state index is 13.1. The van der Waals surface area contributed by atoms with E-state index in [4.69, 9.17) is 0 Å². The third-order valence-electron chi connectivity index (χ3n) is 3.08. The molecule has 20 heavy (non-hydrogen) atoms. The summed E-state index contributed by atoms with van der Waals surface area (Å²) in [5.41, 5.74) is 1.70. The van der Waals surface area contributed by atoms with Gasteiger partial charge < -0.3 is 10.4 Å². The Kier molecular flexibility index (Phi) is 4.48. The van der Waals surface area contributed by atoms with Crippen molar-refractivity contribution >= 4 is 5.91 Å². The molecule has 4 heteroatoms. The second-order valence-corrected chi connectivity index (χ2v) is 4.60. The predicted molar refractivity (Wildman–Crippen MR) is 74.9 cm³/mol. The van der Waals surface area contributed by atoms with E-state index in [1.807, 2.05) is 18.2 Å². The van der Waals surface area contributed by atoms with Gasteiger partial charge in [-0.3, -0.25) is 4.79 Å². The maximum atomic E-state index is 13.1. The number of aliphatic hydroxyl groups excluding tert-OH is 1. The van der Waals surface area contributed by atoms with Gasteiger partial charge in [0.1, 0.15) is 5.82 Å². The van der Waals surface area contributed by atoms with Gasteiger partial charge in [-0.25, -0.2) is 4.39 Å². The molecule has 2 N–H and O–H groups in total. The fourth-order valence-electron chi connectivity index (χ4n) is 1.92. The Morgan fingerprint density at radius 1 is 1.25 bits per heavy atom. The molecule has 1 atom stereocenters. The van der Waals surface area contributed by atoms with Crippen LogP contribution < -0.4 is 5.32 Å². The molecule has 0 aromatic heterocycles. The van der Waals surface area contributed by atoms with Crippen LogP contribution in [0.25, 0.3) is 0 Å². The number of carbonyl (C=O) groups is 1. The second kappa shape index (κ2) is 6.30. The Morgan fingerprint density at radius 2 is 1.95 bits per heavy atom. The van der Waals surface area contributed by atoms with Crippen LogP contribution in [0.3, 0.4) is 0 Å². The number of halogens is 1. The summed E-state index contributed by atoms with van der Waals surface area (Å²) in [7, 11) is 0. The van der Waals surface area contributed by atoms with Gasteiger partial charge in [-0.05, 0) is 30.2 Å². The van der Waals surface area contributed by atoms with E-state index in [-0.39, 0.29) is 12.1 Å². The molecule has 0 saturated heterocycles. The van der Waals surface area contributed by atoms with Crippen molar-refractivity contribution in [3.63, 3.8) is 0 Å². The highest BCUT2D eigenvalue weighted by molar-refractivity contribution is 5.95. The molecule has 2 aromatic carbocycles. The summed E-state index contributed by atoms with van der Waals surface area (Å²) in [5, 5.41) is 12.6. The van der Waals surface area contributed by atoms with E-state index in [9.17, 15) is 14.3 Å². The molecule has 0 heterocycles. The van der Waals surface area contributed by atoms with Gasteiger partial charge in [0.05, 0.1) is 6.10 Å². The molecule has 0 radical (unpaired) electrons. The highest BCUT2D eigenvalue weighted by Crippen LogP contribution is 2.13. The Balaban J connectivity index is 2.00. The van der Waals surface area contributed by atoms with Crippen molar-refractivity contribution in [2.75, 3.05) is 6.54 Å². The van der Waals surface area contributed by atoms with E-state index in [1.165, 1.54) is 12.1 Å². The smallest absolute Gasteiger partial charge is 0.251 e. The fraction of sp³-hybridized carbons (Fsp3) is 0.188. The molecule has 2 aromatic rings. The summed E-state index contributed by atoms with van der Waals surface area (Å²) in [6, 6.07) is 13.1. The van der Waals surface area contributed by atoms with Gasteiger partial charge in [-0.2, -0.15) is 0 Å². The molecule has 0 aliphatic carbocycles. The van der Waals surface area contributed by atoms with Crippen LogP contribution >= 0.6 is 0 Å². The lowest BCUT2D eigenvalue weighted by Gasteiger charge is -2.13. The molecule has 2 rings (SSSR count). The Hall–Kier alpha value is -2.20. The van der Waals surface area contributed by atoms with Crippen molar-refractivity contribution in [2.24, 2.45) is 0 Å². The lowest BCUT2D eigenvalue weighted by Crippen LogP contribution is -2.29. The molecule has 1 amide bonds. The van der Waals surface area contributed by atoms with Crippen molar-refractivity contribution < 1.29 is 14.3 Å². The molecule has 0 fully saturated rings. The van der Waals surface area contributed by atoms with Crippen molar-refractivity contribution in [3.8, 4) is 0 Å². The van der Waals surface area contributed by atoms with E-state index in [2.05, 4.69) is 5.32 Å². The molecule has 0 aliphatic heterocycles. The molecule has 104 valence electrons. The zero-order valence-electron chi connectivity index (χ0n) is 11.1. The molecular formula is C16H16FNO2. The summed E-state index contributed by atoms with van der Waals surface area (Å²) in [5.74, 6) is -0.846. The predicted octanol–water partition coefficient (Wildman–Crippen LogP) is 2.60. The van der Waals surface area contributed by atoms with Crippen molar-refractivity contribution in [1.82, 2.24) is 5.32 Å². The van der Waals surface area contributed by atoms with E-state index < -0.39 is 17.8 Å². The third-order valence-corrected chi connectivity index (χ3v) is 3.08. The number of benzene rings is 2. The lowest BCUT2D eigenvalue weighted by molar-refractivity contribution is 0.0915. The Labute approximate surface area is 117 Å². The van der Waals surface area contributed by atoms with Gasteiger partial charge in [0.25, 0.3) is 5.91 Å². The number of nitrogens with one attached hydrogen (secondary N) is 1. The highest BCUT2D eigenvalue weighted by atomic mass is 19.1. The largest absolute Gasteiger partial charge is 0.387 e. The first-order chi connectivity index (χ1) is 9.58. The number of aliphatic hydroxyl groups is 1. The molecule has 0 spiro atoms. The molecular weight excluding hydrogens is 257 g/mol. The van der Waals surface area contributed by atoms with Gasteiger partial charge >= 0.3 is 0 Å². The number of carbonyl (C=O) groups excluding carboxylic acids is 1. The van der Waals surface area contributed by atoms with Crippen LogP contribution in [0.1, 0.15) is 27.6 Å². The van der Waals surface area contributed by atoms with Crippen molar-refractivity contribution in [3.05, 3.63) is 71.0 Å². The quantitative estimate of drug-likeness (QED) is 0.899. The fourth-order valence-corrected chi connectivity index (χ4v) is 1.92. The summed E-state index contributed by atoms with van der Waals surface area (Å²) < 4.78 is 13.1. The minimum Gasteiger partial charge on any atom is -0.387 e. The van der Waals surface area contributed by atoms with Crippen LogP contribution in [0.4, 0.5) is 4.39 Å². The van der Waals surface area contributed by atoms with Crippen molar-refractivity contribution in [1.29, 1.82) is 0 Å². The number of hydrogen-bond donors (Lipinski definition) is 2. The van der Waals surface area contributed by atoms with E-state index in [1.54, 1.807) is 25.1 Å². The first kappa shape index (κ1) is 14.2. The van der Waals surface area contributed by atoms with Gasteiger partial charge in [0.15, 0.2) is 0 Å². The van der Waals surface area contributed by atoms with E-state index >= 15 is 0 Å². The lowest BCUT2D eigenvalue weighted by atomic mass is 10.1. The zero-order chi connectivity index (χ0) is 14.5. The minimum atomic E-state index is -0.783. The van der Waals surface area contributed by atoms with Crippen LogP contribution in [0, 0.1) is 12.7 Å². The Bertz CT molecular complexity index is 599. The number of hydrogen-bond acceptors (Lipinski definition) is 2. The topological polar surface area (TPSA) is 49.3 Å². The van der Waals surface area contributed by atoms with Crippen LogP contribution in [0.2, 0.25) is 0 Å². The van der Waals surface area contributed by atoms with Gasteiger partial charge in [0, 0.05) is 12.1 Å². The van der Waals surface area contributed by atoms with Gasteiger partial charge in [-0.1, -0.05) is 36.4 Å². The first-order valence-electron chi connectivity index (χ1n) is 6.35. The SMILES string of the molecule is Cc1ccc(F)cc1C(=O)NCC(O)c1ccccc1. The van der Waals surface area contributed by atoms with E-state index in [0.29, 0.717) is 5.56 Å². The van der Waals surface area contributed by atoms with Crippen LogP contribution in [-0.2, 0) is 0 Å². The Morgan fingerprint density at radius 3 is 2.65 bits per heavy atom. The van der Waals surface area contributed by atoms with Crippen LogP contribution in [0.5, 0.6) is 0 Å². The summed E-state index contributed by atoms with van der Waals surface area (Å²) in [4.78, 5) is 12.0. The molecule has 0 aliphatic rings. The zero-order valence-corrected chi connectivity index (χ0v) is 11.1. The first-order valence-corrected chi connectivity index (χ1v) is 6.35. The molecule has 0 saturated carbocycles. The second-order valence-electron chi connectivity index (χ2n) is 4.60. The van der Waals surface area contributed by atoms with Crippen molar-refractivity contribution in [2.45, 2.75) is 13.0 Å². The third kappa shape index (κ3) is 3.42. The average Bonchev–Trinajstić information content (AvgIpc) is 2.47. The summed E-state index contributed by atoms with van der Waals surface area (Å²) in [6.07, 6.45) is -0.783. The van der Waals surface area contributed by atoms with Gasteiger partial charge in [-0.15, -0.1) is 0 Å². The molecule has 0 bridgehead atoms. The minimum absolute atomic E-state index is 0.0821. The van der Waals surface area contributed by atoms with Crippen LogP contribution in [0.15, 0.2) is 48.5 Å².